The minimum Gasteiger partial charge on any atom is -0.376 e. The summed E-state index contributed by atoms with van der Waals surface area (Å²) in [7, 11) is -4.26. The molecular formula is C19H38NO7P. The van der Waals surface area contributed by atoms with E-state index >= 15 is 0 Å². The van der Waals surface area contributed by atoms with Crippen molar-refractivity contribution in [2.45, 2.75) is 97.0 Å². The number of hydrogen-bond donors (Lipinski definition) is 2. The van der Waals surface area contributed by atoms with Gasteiger partial charge in [0, 0.05) is 18.4 Å². The lowest BCUT2D eigenvalue weighted by Gasteiger charge is -2.27. The van der Waals surface area contributed by atoms with Crippen molar-refractivity contribution in [3.05, 3.63) is 0 Å². The molecule has 0 amide bonds. The van der Waals surface area contributed by atoms with Gasteiger partial charge in [-0.15, -0.1) is 0 Å². The van der Waals surface area contributed by atoms with Crippen LogP contribution in [0.5, 0.6) is 0 Å². The zero-order valence-corrected chi connectivity index (χ0v) is 18.8. The van der Waals surface area contributed by atoms with Crippen LogP contribution >= 0.6 is 7.82 Å². The van der Waals surface area contributed by atoms with E-state index in [-0.39, 0.29) is 48.9 Å². The molecule has 9 heteroatoms. The molecule has 0 aromatic carbocycles. The van der Waals surface area contributed by atoms with E-state index in [0.29, 0.717) is 13.0 Å². The zero-order valence-electron chi connectivity index (χ0n) is 17.9. The van der Waals surface area contributed by atoms with Gasteiger partial charge in [0.1, 0.15) is 12.2 Å². The summed E-state index contributed by atoms with van der Waals surface area (Å²) in [6.45, 7) is 12.1. The van der Waals surface area contributed by atoms with Crippen LogP contribution in [0.15, 0.2) is 0 Å². The van der Waals surface area contributed by atoms with Crippen molar-refractivity contribution in [2.75, 3.05) is 13.2 Å². The Labute approximate surface area is 169 Å². The van der Waals surface area contributed by atoms with Crippen LogP contribution in [0.3, 0.4) is 0 Å². The van der Waals surface area contributed by atoms with E-state index in [9.17, 15) is 9.46 Å². The van der Waals surface area contributed by atoms with Crippen LogP contribution in [0, 0.1) is 11.8 Å². The summed E-state index contributed by atoms with van der Waals surface area (Å²) >= 11 is 0. The molecule has 166 valence electrons. The molecular weight excluding hydrogens is 385 g/mol. The molecule has 2 rings (SSSR count). The molecule has 0 radical (unpaired) electrons. The monoisotopic (exact) mass is 423 g/mol. The first-order chi connectivity index (χ1) is 13.0. The molecule has 0 aromatic rings. The van der Waals surface area contributed by atoms with Gasteiger partial charge in [0.25, 0.3) is 0 Å². The Bertz CT molecular complexity index is 530. The Kier molecular flexibility index (Phi) is 8.92. The Morgan fingerprint density at radius 2 is 1.79 bits per heavy atom. The number of rotatable bonds is 10. The maximum atomic E-state index is 12.6. The highest BCUT2D eigenvalue weighted by atomic mass is 31.2. The van der Waals surface area contributed by atoms with Crippen molar-refractivity contribution in [1.29, 1.82) is 0 Å². The van der Waals surface area contributed by atoms with Crippen LogP contribution < -0.4 is 5.73 Å². The molecule has 28 heavy (non-hydrogen) atoms. The second-order valence-corrected chi connectivity index (χ2v) is 10.1. The van der Waals surface area contributed by atoms with Gasteiger partial charge in [-0.05, 0) is 47.0 Å². The molecule has 2 fully saturated rings. The van der Waals surface area contributed by atoms with Gasteiger partial charge < -0.3 is 24.8 Å². The summed E-state index contributed by atoms with van der Waals surface area (Å²) < 4.78 is 40.7. The first kappa shape index (κ1) is 24.2. The summed E-state index contributed by atoms with van der Waals surface area (Å²) in [5.74, 6) is 0.110. The Hall–Kier alpha value is -0.0500. The molecule has 1 aliphatic carbocycles. The molecule has 2 aliphatic rings. The van der Waals surface area contributed by atoms with Crippen molar-refractivity contribution in [3.8, 4) is 0 Å². The fourth-order valence-corrected chi connectivity index (χ4v) is 4.93. The van der Waals surface area contributed by atoms with Gasteiger partial charge in [-0.3, -0.25) is 9.05 Å². The van der Waals surface area contributed by atoms with E-state index in [1.807, 2.05) is 34.6 Å². The second kappa shape index (κ2) is 10.3. The van der Waals surface area contributed by atoms with Gasteiger partial charge in [-0.25, -0.2) is 4.57 Å². The minimum absolute atomic E-state index is 0.0208. The first-order valence-electron chi connectivity index (χ1n) is 10.3. The fraction of sp³-hybridized carbons (Fsp3) is 1.00. The highest BCUT2D eigenvalue weighted by molar-refractivity contribution is 7.47. The molecule has 1 aliphatic heterocycles. The van der Waals surface area contributed by atoms with E-state index in [1.54, 1.807) is 0 Å². The van der Waals surface area contributed by atoms with Crippen molar-refractivity contribution < 1.29 is 32.7 Å². The molecule has 2 unspecified atom stereocenters. The maximum Gasteiger partial charge on any atom is 0.472 e. The smallest absolute Gasteiger partial charge is 0.376 e. The number of nitrogens with two attached hydrogens (primary N) is 1. The number of phosphoric acid groups is 1. The SMILES string of the molecule is CC(C)OC[C@H]1O[C@@H](C)C[C@H]1OP(=O)(O)OC[C@H]1C(N)[C@@H](C)C[C@H]1OC(C)C. The molecule has 8 atom stereocenters. The Morgan fingerprint density at radius 3 is 2.39 bits per heavy atom. The van der Waals surface area contributed by atoms with Gasteiger partial charge >= 0.3 is 7.82 Å². The van der Waals surface area contributed by atoms with Gasteiger partial charge in [-0.2, -0.15) is 0 Å². The average molecular weight is 423 g/mol. The van der Waals surface area contributed by atoms with E-state index < -0.39 is 20.0 Å². The fourth-order valence-electron chi connectivity index (χ4n) is 3.94. The largest absolute Gasteiger partial charge is 0.472 e. The third-order valence-corrected chi connectivity index (χ3v) is 6.37. The van der Waals surface area contributed by atoms with E-state index in [0.717, 1.165) is 6.42 Å². The van der Waals surface area contributed by atoms with Crippen LogP contribution in [0.25, 0.3) is 0 Å². The van der Waals surface area contributed by atoms with Crippen LogP contribution in [0.4, 0.5) is 0 Å². The second-order valence-electron chi connectivity index (χ2n) is 8.69. The molecule has 3 N–H and O–H groups in total. The van der Waals surface area contributed by atoms with Gasteiger partial charge in [0.15, 0.2) is 0 Å². The van der Waals surface area contributed by atoms with Crippen LogP contribution in [-0.4, -0.2) is 60.8 Å². The standard InChI is InChI=1S/C19H38NO7P/c1-11(2)23-10-18-17(8-14(6)26-18)27-28(21,22)24-9-15-16(25-12(3)4)7-13(5)19(15)20/h11-19H,7-10,20H2,1-6H3,(H,21,22)/t13-,14-,15+,16+,17+,18+,19?/m0/s1. The summed E-state index contributed by atoms with van der Waals surface area (Å²) in [4.78, 5) is 10.3. The predicted octanol–water partition coefficient (Wildman–Crippen LogP) is 2.87. The molecule has 1 saturated heterocycles. The predicted molar refractivity (Wildman–Crippen MR) is 106 cm³/mol. The average Bonchev–Trinajstić information content (AvgIpc) is 3.02. The molecule has 8 nitrogen and oxygen atoms in total. The zero-order chi connectivity index (χ0) is 21.1. The normalized spacial score (nSPS) is 38.4. The highest BCUT2D eigenvalue weighted by Gasteiger charge is 2.43. The quantitative estimate of drug-likeness (QED) is 0.516. The van der Waals surface area contributed by atoms with Gasteiger partial charge in [0.05, 0.1) is 37.6 Å². The molecule has 0 spiro atoms. The maximum absolute atomic E-state index is 12.6. The minimum atomic E-state index is -4.26. The molecule has 1 heterocycles. The van der Waals surface area contributed by atoms with Gasteiger partial charge in [-0.1, -0.05) is 6.92 Å². The van der Waals surface area contributed by atoms with Crippen molar-refractivity contribution in [1.82, 2.24) is 0 Å². The Morgan fingerprint density at radius 1 is 1.11 bits per heavy atom. The number of phosphoric ester groups is 1. The summed E-state index contributed by atoms with van der Waals surface area (Å²) in [6.07, 6.45) is 0.314. The van der Waals surface area contributed by atoms with E-state index in [4.69, 9.17) is 29.0 Å². The molecule has 0 aromatic heterocycles. The lowest BCUT2D eigenvalue weighted by atomic mass is 10.0. The lowest BCUT2D eigenvalue weighted by molar-refractivity contribution is -0.0578. The molecule has 0 bridgehead atoms. The van der Waals surface area contributed by atoms with Crippen molar-refractivity contribution in [3.63, 3.8) is 0 Å². The van der Waals surface area contributed by atoms with Crippen LogP contribution in [0.1, 0.15) is 54.4 Å². The summed E-state index contributed by atoms with van der Waals surface area (Å²) in [5.41, 5.74) is 6.28. The van der Waals surface area contributed by atoms with Crippen LogP contribution in [0.2, 0.25) is 0 Å². The Balaban J connectivity index is 1.92. The van der Waals surface area contributed by atoms with Gasteiger partial charge in [0.2, 0.25) is 0 Å². The number of ether oxygens (including phenoxy) is 3. The van der Waals surface area contributed by atoms with Crippen molar-refractivity contribution in [2.24, 2.45) is 17.6 Å². The first-order valence-corrected chi connectivity index (χ1v) is 11.8. The summed E-state index contributed by atoms with van der Waals surface area (Å²) in [6, 6.07) is -0.147. The van der Waals surface area contributed by atoms with Crippen molar-refractivity contribution >= 4 is 7.82 Å². The third kappa shape index (κ3) is 7.03. The van der Waals surface area contributed by atoms with Crippen LogP contribution in [-0.2, 0) is 27.8 Å². The molecule has 1 saturated carbocycles. The highest BCUT2D eigenvalue weighted by Crippen LogP contribution is 2.48. The van der Waals surface area contributed by atoms with E-state index in [1.165, 1.54) is 0 Å². The third-order valence-electron chi connectivity index (χ3n) is 5.36. The topological polar surface area (TPSA) is 109 Å². The lowest BCUT2D eigenvalue weighted by Crippen LogP contribution is -2.37. The number of hydrogen-bond acceptors (Lipinski definition) is 7. The summed E-state index contributed by atoms with van der Waals surface area (Å²) in [5, 5.41) is 0. The van der Waals surface area contributed by atoms with E-state index in [2.05, 4.69) is 6.92 Å².